The third-order valence-corrected chi connectivity index (χ3v) is 4.99. The van der Waals surface area contributed by atoms with Gasteiger partial charge in [0.25, 0.3) is 0 Å². The van der Waals surface area contributed by atoms with E-state index in [1.165, 1.54) is 0 Å². The summed E-state index contributed by atoms with van der Waals surface area (Å²) in [6.45, 7) is 1.55. The smallest absolute Gasteiger partial charge is 0.153 e. The highest BCUT2D eigenvalue weighted by molar-refractivity contribution is 7.71. The summed E-state index contributed by atoms with van der Waals surface area (Å²) < 4.78 is 9.91. The Hall–Kier alpha value is -2.98. The van der Waals surface area contributed by atoms with Gasteiger partial charge in [-0.25, -0.2) is 4.68 Å². The summed E-state index contributed by atoms with van der Waals surface area (Å²) in [5, 5.41) is 17.3. The van der Waals surface area contributed by atoms with Crippen molar-refractivity contribution < 1.29 is 4.74 Å². The van der Waals surface area contributed by atoms with E-state index in [0.717, 1.165) is 53.9 Å². The van der Waals surface area contributed by atoms with E-state index in [-0.39, 0.29) is 0 Å². The van der Waals surface area contributed by atoms with Crippen LogP contribution in [0.25, 0.3) is 0 Å². The van der Waals surface area contributed by atoms with Crippen LogP contribution in [-0.4, -0.2) is 26.7 Å². The standard InChI is InChI=1S/C21H23N5OS/c1-27-20-7-5-13-25(21(20)28)12-4-2-3-6-19-16-26(24-23-19)15-18-10-8-17(14-22)9-11-18/h5,7-11,13,16H,2-4,6,12,15H2,1H3. The third-order valence-electron chi connectivity index (χ3n) is 4.55. The minimum atomic E-state index is 0.660. The van der Waals surface area contributed by atoms with Gasteiger partial charge in [-0.2, -0.15) is 5.26 Å². The Morgan fingerprint density at radius 2 is 1.96 bits per heavy atom. The monoisotopic (exact) mass is 393 g/mol. The Morgan fingerprint density at radius 1 is 1.14 bits per heavy atom. The fraction of sp³-hybridized carbons (Fsp3) is 0.333. The maximum absolute atomic E-state index is 8.85. The van der Waals surface area contributed by atoms with Crippen LogP contribution in [0.5, 0.6) is 5.75 Å². The number of unbranched alkanes of at least 4 members (excludes halogenated alkanes) is 2. The van der Waals surface area contributed by atoms with E-state index in [1.807, 2.05) is 53.5 Å². The van der Waals surface area contributed by atoms with Crippen molar-refractivity contribution in [3.63, 3.8) is 0 Å². The summed E-state index contributed by atoms with van der Waals surface area (Å²) in [6.07, 6.45) is 8.13. The van der Waals surface area contributed by atoms with Crippen LogP contribution >= 0.6 is 12.2 Å². The first-order valence-electron chi connectivity index (χ1n) is 9.31. The van der Waals surface area contributed by atoms with Crippen molar-refractivity contribution in [1.82, 2.24) is 19.6 Å². The van der Waals surface area contributed by atoms with Gasteiger partial charge >= 0.3 is 0 Å². The molecule has 0 aliphatic carbocycles. The van der Waals surface area contributed by atoms with E-state index in [4.69, 9.17) is 22.2 Å². The molecule has 0 N–H and O–H groups in total. The molecule has 0 unspecified atom stereocenters. The minimum absolute atomic E-state index is 0.660. The van der Waals surface area contributed by atoms with Crippen LogP contribution in [0.4, 0.5) is 0 Å². The fourth-order valence-corrected chi connectivity index (χ4v) is 3.32. The zero-order chi connectivity index (χ0) is 19.8. The SMILES string of the molecule is COc1cccn(CCCCCc2cn(Cc3ccc(C#N)cc3)nn2)c1=S. The van der Waals surface area contributed by atoms with E-state index in [2.05, 4.69) is 20.9 Å². The zero-order valence-corrected chi connectivity index (χ0v) is 16.7. The molecule has 28 heavy (non-hydrogen) atoms. The molecule has 0 bridgehead atoms. The third kappa shape index (κ3) is 5.27. The van der Waals surface area contributed by atoms with E-state index in [9.17, 15) is 0 Å². The van der Waals surface area contributed by atoms with E-state index in [0.29, 0.717) is 12.1 Å². The zero-order valence-electron chi connectivity index (χ0n) is 15.9. The van der Waals surface area contributed by atoms with Crippen molar-refractivity contribution in [2.45, 2.75) is 38.8 Å². The molecule has 1 aromatic carbocycles. The van der Waals surface area contributed by atoms with Gasteiger partial charge in [-0.15, -0.1) is 5.10 Å². The maximum Gasteiger partial charge on any atom is 0.153 e. The number of aromatic nitrogens is 4. The van der Waals surface area contributed by atoms with Crippen molar-refractivity contribution >= 4 is 12.2 Å². The van der Waals surface area contributed by atoms with Crippen LogP contribution < -0.4 is 4.74 Å². The van der Waals surface area contributed by atoms with Gasteiger partial charge in [0.05, 0.1) is 31.0 Å². The molecule has 0 amide bonds. The highest BCUT2D eigenvalue weighted by atomic mass is 32.1. The lowest BCUT2D eigenvalue weighted by Crippen LogP contribution is -2.01. The maximum atomic E-state index is 8.85. The first-order chi connectivity index (χ1) is 13.7. The van der Waals surface area contributed by atoms with E-state index in [1.54, 1.807) is 7.11 Å². The molecule has 2 aromatic heterocycles. The number of nitriles is 1. The lowest BCUT2D eigenvalue weighted by molar-refractivity contribution is 0.405. The van der Waals surface area contributed by atoms with Crippen LogP contribution in [0.3, 0.4) is 0 Å². The summed E-state index contributed by atoms with van der Waals surface area (Å²) in [5.74, 6) is 0.747. The summed E-state index contributed by atoms with van der Waals surface area (Å²) in [7, 11) is 1.64. The number of ether oxygens (including phenoxy) is 1. The number of nitrogens with zero attached hydrogens (tertiary/aromatic N) is 5. The molecule has 6 nitrogen and oxygen atoms in total. The van der Waals surface area contributed by atoms with Crippen molar-refractivity contribution in [3.05, 3.63) is 70.3 Å². The normalized spacial score (nSPS) is 10.6. The van der Waals surface area contributed by atoms with Gasteiger partial charge < -0.3 is 9.30 Å². The fourth-order valence-electron chi connectivity index (χ4n) is 3.01. The molecule has 0 aliphatic heterocycles. The molecule has 0 spiro atoms. The molecular weight excluding hydrogens is 370 g/mol. The summed E-state index contributed by atoms with van der Waals surface area (Å²) in [4.78, 5) is 0. The number of rotatable bonds is 9. The van der Waals surface area contributed by atoms with Crippen LogP contribution in [-0.2, 0) is 19.5 Å². The lowest BCUT2D eigenvalue weighted by atomic mass is 10.1. The van der Waals surface area contributed by atoms with E-state index >= 15 is 0 Å². The molecule has 0 fully saturated rings. The molecule has 2 heterocycles. The molecule has 0 saturated heterocycles. The topological polar surface area (TPSA) is 68.7 Å². The summed E-state index contributed by atoms with van der Waals surface area (Å²) in [6, 6.07) is 13.5. The number of aryl methyl sites for hydroxylation is 2. The highest BCUT2D eigenvalue weighted by Crippen LogP contribution is 2.13. The van der Waals surface area contributed by atoms with Crippen molar-refractivity contribution in [1.29, 1.82) is 5.26 Å². The Bertz CT molecular complexity index is 1000. The Labute approximate surface area is 170 Å². The van der Waals surface area contributed by atoms with Crippen molar-refractivity contribution in [3.8, 4) is 11.8 Å². The van der Waals surface area contributed by atoms with Crippen molar-refractivity contribution in [2.24, 2.45) is 0 Å². The Kier molecular flexibility index (Phi) is 6.93. The van der Waals surface area contributed by atoms with Gasteiger partial charge in [0.1, 0.15) is 4.64 Å². The van der Waals surface area contributed by atoms with Crippen LogP contribution in [0, 0.1) is 16.0 Å². The summed E-state index contributed by atoms with van der Waals surface area (Å²) >= 11 is 5.42. The van der Waals surface area contributed by atoms with Crippen LogP contribution in [0.2, 0.25) is 0 Å². The number of pyridine rings is 1. The minimum Gasteiger partial charge on any atom is -0.494 e. The van der Waals surface area contributed by atoms with Crippen LogP contribution in [0.15, 0.2) is 48.8 Å². The lowest BCUT2D eigenvalue weighted by Gasteiger charge is -2.09. The molecule has 0 radical (unpaired) electrons. The molecule has 0 atom stereocenters. The van der Waals surface area contributed by atoms with Gasteiger partial charge in [0.15, 0.2) is 5.75 Å². The van der Waals surface area contributed by atoms with Gasteiger partial charge in [0, 0.05) is 18.9 Å². The van der Waals surface area contributed by atoms with Crippen molar-refractivity contribution in [2.75, 3.05) is 7.11 Å². The Balaban J connectivity index is 1.42. The molecule has 7 heteroatoms. The number of methoxy groups -OCH3 is 1. The quantitative estimate of drug-likeness (QED) is 0.403. The second-order valence-electron chi connectivity index (χ2n) is 6.60. The van der Waals surface area contributed by atoms with E-state index < -0.39 is 0 Å². The Morgan fingerprint density at radius 3 is 2.71 bits per heavy atom. The number of hydrogen-bond donors (Lipinski definition) is 0. The molecular formula is C21H23N5OS. The second kappa shape index (κ2) is 9.81. The molecule has 0 saturated carbocycles. The first kappa shape index (κ1) is 19.8. The molecule has 144 valence electrons. The predicted molar refractivity (Wildman–Crippen MR) is 110 cm³/mol. The van der Waals surface area contributed by atoms with Gasteiger partial charge in [-0.3, -0.25) is 0 Å². The molecule has 0 aliphatic rings. The predicted octanol–water partition coefficient (Wildman–Crippen LogP) is 4.15. The first-order valence-corrected chi connectivity index (χ1v) is 9.72. The van der Waals surface area contributed by atoms with Gasteiger partial charge in [-0.05, 0) is 49.1 Å². The average molecular weight is 394 g/mol. The number of benzene rings is 1. The average Bonchev–Trinajstić information content (AvgIpc) is 3.16. The molecule has 3 rings (SSSR count). The number of hydrogen-bond acceptors (Lipinski definition) is 5. The second-order valence-corrected chi connectivity index (χ2v) is 6.99. The van der Waals surface area contributed by atoms with Gasteiger partial charge in [-0.1, -0.05) is 36.0 Å². The molecule has 3 aromatic rings. The van der Waals surface area contributed by atoms with Crippen LogP contribution in [0.1, 0.15) is 36.1 Å². The summed E-state index contributed by atoms with van der Waals surface area (Å²) in [5.41, 5.74) is 2.77. The highest BCUT2D eigenvalue weighted by Gasteiger charge is 2.03. The van der Waals surface area contributed by atoms with Gasteiger partial charge in [0.2, 0.25) is 0 Å². The largest absolute Gasteiger partial charge is 0.494 e.